The smallest absolute Gasteiger partial charge is 0.254 e. The highest BCUT2D eigenvalue weighted by Crippen LogP contribution is 2.29. The predicted molar refractivity (Wildman–Crippen MR) is 140 cm³/mol. The number of likely N-dealkylation sites (tertiary alicyclic amines) is 1. The van der Waals surface area contributed by atoms with Crippen molar-refractivity contribution in [1.82, 2.24) is 14.8 Å². The Hall–Kier alpha value is -3.09. The van der Waals surface area contributed by atoms with Crippen LogP contribution in [-0.2, 0) is 13.0 Å². The third kappa shape index (κ3) is 5.44. The number of hydrogen-bond donors (Lipinski definition) is 0. The molecule has 2 aromatic heterocycles. The molecule has 0 saturated carbocycles. The molecule has 3 heterocycles. The minimum Gasteiger partial charge on any atom is -0.338 e. The van der Waals surface area contributed by atoms with Gasteiger partial charge in [0, 0.05) is 36.6 Å². The number of nitrogens with zero attached hydrogens (tertiary/aromatic N) is 3. The molecule has 1 aliphatic rings. The zero-order valence-corrected chi connectivity index (χ0v) is 20.8. The highest BCUT2D eigenvalue weighted by molar-refractivity contribution is 7.08. The summed E-state index contributed by atoms with van der Waals surface area (Å²) in [4.78, 5) is 22.0. The van der Waals surface area contributed by atoms with Crippen LogP contribution in [0.15, 0.2) is 77.6 Å². The molecule has 0 radical (unpaired) electrons. The summed E-state index contributed by atoms with van der Waals surface area (Å²) in [5.74, 6) is 0.135. The molecule has 2 aromatic carbocycles. The van der Waals surface area contributed by atoms with Crippen LogP contribution in [0.3, 0.4) is 0 Å². The maximum atomic E-state index is 14.6. The summed E-state index contributed by atoms with van der Waals surface area (Å²) in [6.45, 7) is 2.83. The minimum absolute atomic E-state index is 0.0137. The maximum absolute atomic E-state index is 14.6. The summed E-state index contributed by atoms with van der Waals surface area (Å²) in [6.07, 6.45) is 4.32. The number of benzene rings is 2. The monoisotopic (exact) mass is 487 g/mol. The predicted octanol–water partition coefficient (Wildman–Crippen LogP) is 6.03. The van der Waals surface area contributed by atoms with Gasteiger partial charge in [0.2, 0.25) is 0 Å². The van der Waals surface area contributed by atoms with Gasteiger partial charge in [-0.15, -0.1) is 0 Å². The van der Waals surface area contributed by atoms with Gasteiger partial charge in [-0.05, 0) is 85.1 Å². The number of hydrogen-bond acceptors (Lipinski definition) is 4. The molecule has 1 atom stereocenters. The Bertz CT molecular complexity index is 1280. The first-order valence-electron chi connectivity index (χ1n) is 12.2. The molecule has 0 bridgehead atoms. The molecular weight excluding hydrogens is 457 g/mol. The standard InChI is InChI=1S/C29H30FN3OS/c1-32(29(34)25-12-16-35-20-25)28(18-23-5-2-3-7-26(23)30)22-10-14-33(15-11-22)19-21-8-9-27-24(17-21)6-4-13-31-27/h2-9,12-13,16-17,20,22,28H,10-11,14-15,18-19H2,1H3. The topological polar surface area (TPSA) is 36.4 Å². The Kier molecular flexibility index (Phi) is 7.21. The third-order valence-electron chi connectivity index (χ3n) is 7.22. The molecule has 0 aliphatic carbocycles. The highest BCUT2D eigenvalue weighted by Gasteiger charge is 2.32. The fourth-order valence-corrected chi connectivity index (χ4v) is 5.86. The van der Waals surface area contributed by atoms with Crippen LogP contribution in [0, 0.1) is 11.7 Å². The molecule has 1 unspecified atom stereocenters. The molecule has 1 saturated heterocycles. The number of aromatic nitrogens is 1. The van der Waals surface area contributed by atoms with Crippen LogP contribution in [-0.4, -0.2) is 46.9 Å². The maximum Gasteiger partial charge on any atom is 0.254 e. The largest absolute Gasteiger partial charge is 0.338 e. The molecule has 0 spiro atoms. The van der Waals surface area contributed by atoms with Crippen LogP contribution in [0.2, 0.25) is 0 Å². The SMILES string of the molecule is CN(C(=O)c1ccsc1)C(Cc1ccccc1F)C1CCN(Cc2ccc3ncccc3c2)CC1. The van der Waals surface area contributed by atoms with Crippen molar-refractivity contribution in [2.75, 3.05) is 20.1 Å². The molecule has 1 aliphatic heterocycles. The Morgan fingerprint density at radius 1 is 1.14 bits per heavy atom. The van der Waals surface area contributed by atoms with E-state index in [0.29, 0.717) is 23.5 Å². The quantitative estimate of drug-likeness (QED) is 0.319. The van der Waals surface area contributed by atoms with Crippen molar-refractivity contribution in [1.29, 1.82) is 0 Å². The number of thiophene rings is 1. The highest BCUT2D eigenvalue weighted by atomic mass is 32.1. The molecule has 0 N–H and O–H groups in total. The number of likely N-dealkylation sites (N-methyl/N-ethyl adjacent to an activating group) is 1. The molecule has 1 amide bonds. The van der Waals surface area contributed by atoms with Crippen LogP contribution in [0.4, 0.5) is 4.39 Å². The lowest BCUT2D eigenvalue weighted by Crippen LogP contribution is -2.47. The van der Waals surface area contributed by atoms with E-state index in [1.165, 1.54) is 28.4 Å². The van der Waals surface area contributed by atoms with E-state index in [1.807, 2.05) is 53.2 Å². The summed E-state index contributed by atoms with van der Waals surface area (Å²) >= 11 is 1.52. The molecule has 35 heavy (non-hydrogen) atoms. The summed E-state index contributed by atoms with van der Waals surface area (Å²) in [5.41, 5.74) is 3.69. The normalized spacial score (nSPS) is 15.8. The molecule has 4 aromatic rings. The van der Waals surface area contributed by atoms with E-state index in [1.54, 1.807) is 6.07 Å². The molecule has 5 rings (SSSR count). The van der Waals surface area contributed by atoms with Gasteiger partial charge in [-0.25, -0.2) is 4.39 Å². The van der Waals surface area contributed by atoms with E-state index in [9.17, 15) is 9.18 Å². The summed E-state index contributed by atoms with van der Waals surface area (Å²) in [5, 5.41) is 4.98. The minimum atomic E-state index is -0.197. The summed E-state index contributed by atoms with van der Waals surface area (Å²) in [6, 6.07) is 19.3. The van der Waals surface area contributed by atoms with Crippen LogP contribution in [0.25, 0.3) is 10.9 Å². The van der Waals surface area contributed by atoms with Crippen molar-refractivity contribution in [3.8, 4) is 0 Å². The van der Waals surface area contributed by atoms with Gasteiger partial charge in [-0.2, -0.15) is 11.3 Å². The molecule has 180 valence electrons. The molecule has 4 nitrogen and oxygen atoms in total. The number of fused-ring (bicyclic) bond motifs is 1. The van der Waals surface area contributed by atoms with Gasteiger partial charge in [0.25, 0.3) is 5.91 Å². The van der Waals surface area contributed by atoms with Crippen molar-refractivity contribution < 1.29 is 9.18 Å². The second-order valence-electron chi connectivity index (χ2n) is 9.43. The van der Waals surface area contributed by atoms with E-state index < -0.39 is 0 Å². The number of amides is 1. The van der Waals surface area contributed by atoms with Crippen molar-refractivity contribution in [2.24, 2.45) is 5.92 Å². The Labute approximate surface area is 210 Å². The lowest BCUT2D eigenvalue weighted by atomic mass is 9.84. The van der Waals surface area contributed by atoms with Crippen LogP contribution < -0.4 is 0 Å². The molecular formula is C29H30FN3OS. The number of rotatable bonds is 7. The fraction of sp³-hybridized carbons (Fsp3) is 0.310. The Balaban J connectivity index is 1.29. The number of carbonyl (C=O) groups excluding carboxylic acids is 1. The fourth-order valence-electron chi connectivity index (χ4n) is 5.23. The van der Waals surface area contributed by atoms with Gasteiger partial charge in [-0.3, -0.25) is 14.7 Å². The average Bonchev–Trinajstić information content (AvgIpc) is 3.43. The van der Waals surface area contributed by atoms with Crippen LogP contribution in [0.1, 0.15) is 34.3 Å². The van der Waals surface area contributed by atoms with E-state index in [-0.39, 0.29) is 17.8 Å². The molecule has 6 heteroatoms. The van der Waals surface area contributed by atoms with E-state index in [4.69, 9.17) is 0 Å². The summed E-state index contributed by atoms with van der Waals surface area (Å²) in [7, 11) is 1.88. The number of carbonyl (C=O) groups is 1. The van der Waals surface area contributed by atoms with Crippen LogP contribution >= 0.6 is 11.3 Å². The van der Waals surface area contributed by atoms with Gasteiger partial charge in [0.05, 0.1) is 11.1 Å². The van der Waals surface area contributed by atoms with Crippen molar-refractivity contribution in [2.45, 2.75) is 31.8 Å². The average molecular weight is 488 g/mol. The first kappa shape index (κ1) is 23.6. The zero-order valence-electron chi connectivity index (χ0n) is 19.9. The second kappa shape index (κ2) is 10.7. The van der Waals surface area contributed by atoms with Crippen molar-refractivity contribution in [3.63, 3.8) is 0 Å². The first-order valence-corrected chi connectivity index (χ1v) is 13.1. The van der Waals surface area contributed by atoms with Gasteiger partial charge in [0.15, 0.2) is 0 Å². The van der Waals surface area contributed by atoms with Crippen molar-refractivity contribution >= 4 is 28.1 Å². The Morgan fingerprint density at radius 3 is 2.74 bits per heavy atom. The second-order valence-corrected chi connectivity index (χ2v) is 10.2. The van der Waals surface area contributed by atoms with E-state index >= 15 is 0 Å². The van der Waals surface area contributed by atoms with E-state index in [2.05, 4.69) is 34.1 Å². The zero-order chi connectivity index (χ0) is 24.2. The number of pyridine rings is 1. The van der Waals surface area contributed by atoms with Crippen molar-refractivity contribution in [3.05, 3.63) is 100 Å². The van der Waals surface area contributed by atoms with Gasteiger partial charge < -0.3 is 4.90 Å². The number of halogens is 1. The molecule has 1 fully saturated rings. The van der Waals surface area contributed by atoms with Gasteiger partial charge >= 0.3 is 0 Å². The first-order chi connectivity index (χ1) is 17.1. The van der Waals surface area contributed by atoms with E-state index in [0.717, 1.165) is 38.0 Å². The summed E-state index contributed by atoms with van der Waals surface area (Å²) < 4.78 is 14.6. The third-order valence-corrected chi connectivity index (χ3v) is 7.91. The van der Waals surface area contributed by atoms with Gasteiger partial charge in [-0.1, -0.05) is 30.3 Å². The Morgan fingerprint density at radius 2 is 1.97 bits per heavy atom. The lowest BCUT2D eigenvalue weighted by molar-refractivity contribution is 0.0584. The number of piperidine rings is 1. The van der Waals surface area contributed by atoms with Crippen LogP contribution in [0.5, 0.6) is 0 Å². The lowest BCUT2D eigenvalue weighted by Gasteiger charge is -2.40. The van der Waals surface area contributed by atoms with Gasteiger partial charge in [0.1, 0.15) is 5.82 Å².